The van der Waals surface area contributed by atoms with Crippen LogP contribution < -0.4 is 5.32 Å². The highest BCUT2D eigenvalue weighted by Gasteiger charge is 2.30. The molecule has 0 radical (unpaired) electrons. The van der Waals surface area contributed by atoms with Crippen LogP contribution in [0.3, 0.4) is 0 Å². The fraction of sp³-hybridized carbons (Fsp3) is 0.312. The summed E-state index contributed by atoms with van der Waals surface area (Å²) in [5.41, 5.74) is 2.46. The summed E-state index contributed by atoms with van der Waals surface area (Å²) in [5, 5.41) is 2.84. The number of hydrogen-bond acceptors (Lipinski definition) is 3. The van der Waals surface area contributed by atoms with Crippen molar-refractivity contribution in [2.24, 2.45) is 0 Å². The summed E-state index contributed by atoms with van der Waals surface area (Å²) < 4.78 is 0. The number of carbonyl (C=O) groups is 1. The van der Waals surface area contributed by atoms with Crippen molar-refractivity contribution in [2.45, 2.75) is 25.8 Å². The first kappa shape index (κ1) is 13.5. The lowest BCUT2D eigenvalue weighted by Crippen LogP contribution is -2.34. The van der Waals surface area contributed by atoms with Gasteiger partial charge in [-0.2, -0.15) is 0 Å². The van der Waals surface area contributed by atoms with Gasteiger partial charge in [-0.1, -0.05) is 24.3 Å². The van der Waals surface area contributed by atoms with Gasteiger partial charge in [0.2, 0.25) is 0 Å². The summed E-state index contributed by atoms with van der Waals surface area (Å²) in [6, 6.07) is 9.99. The number of anilines is 1. The topological polar surface area (TPSA) is 58.1 Å². The minimum Gasteiger partial charge on any atom is -0.317 e. The average molecular weight is 282 g/mol. The first-order valence-electron chi connectivity index (χ1n) is 7.15. The Balaban J connectivity index is 1.78. The van der Waals surface area contributed by atoms with E-state index in [1.807, 2.05) is 17.0 Å². The number of benzene rings is 1. The third-order valence-electron chi connectivity index (χ3n) is 3.88. The van der Waals surface area contributed by atoms with Crippen LogP contribution in [0.25, 0.3) is 0 Å². The highest BCUT2D eigenvalue weighted by molar-refractivity contribution is 5.88. The Labute approximate surface area is 124 Å². The van der Waals surface area contributed by atoms with Gasteiger partial charge in [-0.05, 0) is 37.0 Å². The van der Waals surface area contributed by atoms with Gasteiger partial charge in [-0.15, -0.1) is 0 Å². The van der Waals surface area contributed by atoms with Gasteiger partial charge in [0.1, 0.15) is 12.1 Å². The number of aryl methyl sites for hydroxylation is 1. The second-order valence-corrected chi connectivity index (χ2v) is 5.23. The molecule has 5 nitrogen and oxygen atoms in total. The van der Waals surface area contributed by atoms with Crippen LogP contribution in [-0.4, -0.2) is 27.4 Å². The summed E-state index contributed by atoms with van der Waals surface area (Å²) in [7, 11) is 0. The molecule has 21 heavy (non-hydrogen) atoms. The van der Waals surface area contributed by atoms with Crippen LogP contribution in [0.5, 0.6) is 0 Å². The largest absolute Gasteiger partial charge is 0.323 e. The Kier molecular flexibility index (Phi) is 3.81. The summed E-state index contributed by atoms with van der Waals surface area (Å²) in [5.74, 6) is 0.533. The van der Waals surface area contributed by atoms with E-state index in [4.69, 9.17) is 0 Å². The summed E-state index contributed by atoms with van der Waals surface area (Å²) in [6.45, 7) is 2.87. The summed E-state index contributed by atoms with van der Waals surface area (Å²) >= 11 is 0. The van der Waals surface area contributed by atoms with Gasteiger partial charge in [0.05, 0.1) is 6.04 Å². The van der Waals surface area contributed by atoms with Crippen molar-refractivity contribution in [1.29, 1.82) is 0 Å². The smallest absolute Gasteiger partial charge is 0.317 e. The molecule has 2 heterocycles. The third kappa shape index (κ3) is 2.86. The van der Waals surface area contributed by atoms with Crippen molar-refractivity contribution in [1.82, 2.24) is 14.9 Å². The number of carbonyl (C=O) groups excluding carboxylic acids is 1. The molecule has 3 rings (SSSR count). The molecule has 1 N–H and O–H groups in total. The fourth-order valence-electron chi connectivity index (χ4n) is 2.84. The van der Waals surface area contributed by atoms with Crippen molar-refractivity contribution < 1.29 is 4.79 Å². The average Bonchev–Trinajstić information content (AvgIpc) is 2.98. The van der Waals surface area contributed by atoms with E-state index in [9.17, 15) is 4.79 Å². The zero-order valence-electron chi connectivity index (χ0n) is 12.0. The molecule has 1 fully saturated rings. The first-order chi connectivity index (χ1) is 10.3. The van der Waals surface area contributed by atoms with Crippen LogP contribution in [0.1, 0.15) is 30.0 Å². The molecule has 5 heteroatoms. The van der Waals surface area contributed by atoms with Crippen LogP contribution in [0.2, 0.25) is 0 Å². The molecule has 1 aliphatic rings. The van der Waals surface area contributed by atoms with E-state index in [0.29, 0.717) is 5.82 Å². The number of aromatic nitrogens is 2. The second kappa shape index (κ2) is 5.91. The van der Waals surface area contributed by atoms with Gasteiger partial charge in [0.25, 0.3) is 0 Å². The van der Waals surface area contributed by atoms with Crippen LogP contribution in [0.4, 0.5) is 10.6 Å². The molecule has 0 saturated carbocycles. The number of urea groups is 1. The summed E-state index contributed by atoms with van der Waals surface area (Å²) in [6.07, 6.45) is 5.07. The Morgan fingerprint density at radius 1 is 1.33 bits per heavy atom. The number of rotatable bonds is 2. The van der Waals surface area contributed by atoms with Crippen LogP contribution in [0.15, 0.2) is 42.9 Å². The van der Waals surface area contributed by atoms with E-state index in [1.54, 1.807) is 12.3 Å². The maximum atomic E-state index is 12.5. The predicted molar refractivity (Wildman–Crippen MR) is 80.9 cm³/mol. The Bertz CT molecular complexity index is 629. The van der Waals surface area contributed by atoms with Crippen molar-refractivity contribution in [2.75, 3.05) is 11.9 Å². The zero-order valence-corrected chi connectivity index (χ0v) is 12.0. The first-order valence-corrected chi connectivity index (χ1v) is 7.15. The molecule has 0 aliphatic carbocycles. The maximum absolute atomic E-state index is 12.5. The fourth-order valence-corrected chi connectivity index (χ4v) is 2.84. The summed E-state index contributed by atoms with van der Waals surface area (Å²) in [4.78, 5) is 22.2. The third-order valence-corrected chi connectivity index (χ3v) is 3.88. The van der Waals surface area contributed by atoms with Crippen LogP contribution in [0, 0.1) is 6.92 Å². The molecule has 1 unspecified atom stereocenters. The highest BCUT2D eigenvalue weighted by Crippen LogP contribution is 2.33. The molecule has 2 amide bonds. The predicted octanol–water partition coefficient (Wildman–Crippen LogP) is 3.15. The van der Waals surface area contributed by atoms with Gasteiger partial charge in [0.15, 0.2) is 0 Å². The number of amides is 2. The van der Waals surface area contributed by atoms with Gasteiger partial charge in [-0.3, -0.25) is 5.32 Å². The lowest BCUT2D eigenvalue weighted by atomic mass is 9.99. The van der Waals surface area contributed by atoms with Crippen molar-refractivity contribution in [3.63, 3.8) is 0 Å². The number of nitrogens with one attached hydrogen (secondary N) is 1. The van der Waals surface area contributed by atoms with E-state index in [1.165, 1.54) is 17.5 Å². The molecule has 1 aromatic heterocycles. The number of nitrogens with zero attached hydrogens (tertiary/aromatic N) is 3. The molecule has 2 aromatic rings. The maximum Gasteiger partial charge on any atom is 0.323 e. The van der Waals surface area contributed by atoms with Gasteiger partial charge in [0, 0.05) is 12.7 Å². The SMILES string of the molecule is Cc1ccccc1C1CCCN1C(=O)Nc1ccncn1. The van der Waals surface area contributed by atoms with E-state index >= 15 is 0 Å². The van der Waals surface area contributed by atoms with Crippen molar-refractivity contribution in [3.05, 3.63) is 54.0 Å². The van der Waals surface area contributed by atoms with Crippen LogP contribution in [-0.2, 0) is 0 Å². The van der Waals surface area contributed by atoms with Gasteiger partial charge >= 0.3 is 6.03 Å². The van der Waals surface area contributed by atoms with Gasteiger partial charge in [-0.25, -0.2) is 14.8 Å². The highest BCUT2D eigenvalue weighted by atomic mass is 16.2. The second-order valence-electron chi connectivity index (χ2n) is 5.23. The monoisotopic (exact) mass is 282 g/mol. The Morgan fingerprint density at radius 2 is 2.19 bits per heavy atom. The molecule has 108 valence electrons. The van der Waals surface area contributed by atoms with E-state index in [2.05, 4.69) is 34.3 Å². The molecule has 1 saturated heterocycles. The standard InChI is InChI=1S/C16H18N4O/c1-12-5-2-3-6-13(12)14-7-4-10-20(14)16(21)19-15-8-9-17-11-18-15/h2-3,5-6,8-9,11,14H,4,7,10H2,1H3,(H,17,18,19,21). The van der Waals surface area contributed by atoms with E-state index in [0.717, 1.165) is 19.4 Å². The van der Waals surface area contributed by atoms with Crippen LogP contribution >= 0.6 is 0 Å². The number of likely N-dealkylation sites (tertiary alicyclic amines) is 1. The lowest BCUT2D eigenvalue weighted by molar-refractivity contribution is 0.207. The lowest BCUT2D eigenvalue weighted by Gasteiger charge is -2.26. The number of hydrogen-bond donors (Lipinski definition) is 1. The zero-order chi connectivity index (χ0) is 14.7. The van der Waals surface area contributed by atoms with E-state index in [-0.39, 0.29) is 12.1 Å². The Morgan fingerprint density at radius 3 is 2.95 bits per heavy atom. The molecule has 1 aromatic carbocycles. The van der Waals surface area contributed by atoms with Crippen molar-refractivity contribution in [3.8, 4) is 0 Å². The molecule has 1 aliphatic heterocycles. The molecular weight excluding hydrogens is 264 g/mol. The normalized spacial score (nSPS) is 17.8. The molecule has 0 spiro atoms. The van der Waals surface area contributed by atoms with E-state index < -0.39 is 0 Å². The Hall–Kier alpha value is -2.43. The molecular formula is C16H18N4O. The molecule has 1 atom stereocenters. The minimum absolute atomic E-state index is 0.0977. The van der Waals surface area contributed by atoms with Crippen molar-refractivity contribution >= 4 is 11.8 Å². The minimum atomic E-state index is -0.0977. The van der Waals surface area contributed by atoms with Gasteiger partial charge < -0.3 is 4.90 Å². The molecule has 0 bridgehead atoms. The quantitative estimate of drug-likeness (QED) is 0.920.